The molecule has 0 heterocycles. The Balaban J connectivity index is 4.27. The Morgan fingerprint density at radius 2 is 1.69 bits per heavy atom. The summed E-state index contributed by atoms with van der Waals surface area (Å²) in [4.78, 5) is 0.636. The molecular weight excluding hydrogens is 230 g/mol. The Morgan fingerprint density at radius 3 is 2.08 bits per heavy atom. The standard InChI is InChI=1S/C11H21FSe/c1-5-7-10(12)11(8-6-2)13-9(3)4/h9H,5-8H2,1-4H3/b11-10+. The zero-order chi connectivity index (χ0) is 10.3. The van der Waals surface area contributed by atoms with E-state index in [0.717, 1.165) is 23.7 Å². The summed E-state index contributed by atoms with van der Waals surface area (Å²) in [5.41, 5.74) is 0. The monoisotopic (exact) mass is 252 g/mol. The number of hydrogen-bond donors (Lipinski definition) is 0. The van der Waals surface area contributed by atoms with Gasteiger partial charge in [0.1, 0.15) is 0 Å². The molecule has 0 saturated heterocycles. The van der Waals surface area contributed by atoms with Crippen LogP contribution in [-0.2, 0) is 0 Å². The molecule has 0 atom stereocenters. The zero-order valence-corrected chi connectivity index (χ0v) is 10.9. The van der Waals surface area contributed by atoms with E-state index in [4.69, 9.17) is 0 Å². The molecule has 78 valence electrons. The van der Waals surface area contributed by atoms with Crippen molar-refractivity contribution in [3.8, 4) is 0 Å². The van der Waals surface area contributed by atoms with Crippen LogP contribution in [0.4, 0.5) is 4.39 Å². The molecule has 0 spiro atoms. The SMILES string of the molecule is CCC/C(F)=C(/CCC)[Se]C(C)C. The molecule has 0 aromatic rings. The normalized spacial score (nSPS) is 13.4. The van der Waals surface area contributed by atoms with E-state index in [0.29, 0.717) is 26.2 Å². The fourth-order valence-electron chi connectivity index (χ4n) is 1.13. The maximum atomic E-state index is 13.5. The molecule has 0 aromatic carbocycles. The summed E-state index contributed by atoms with van der Waals surface area (Å²) in [5, 5.41) is 0. The molecule has 0 aliphatic heterocycles. The van der Waals surface area contributed by atoms with Crippen molar-refractivity contribution in [2.75, 3.05) is 0 Å². The van der Waals surface area contributed by atoms with Gasteiger partial charge in [-0.15, -0.1) is 0 Å². The molecular formula is C11H21FSe. The van der Waals surface area contributed by atoms with Crippen LogP contribution >= 0.6 is 0 Å². The van der Waals surface area contributed by atoms with Gasteiger partial charge < -0.3 is 0 Å². The van der Waals surface area contributed by atoms with E-state index in [1.54, 1.807) is 0 Å². The number of allylic oxidation sites excluding steroid dienone is 2. The van der Waals surface area contributed by atoms with Gasteiger partial charge in [-0.25, -0.2) is 0 Å². The third kappa shape index (κ3) is 6.29. The van der Waals surface area contributed by atoms with Gasteiger partial charge in [0, 0.05) is 0 Å². The quantitative estimate of drug-likeness (QED) is 0.617. The summed E-state index contributed by atoms with van der Waals surface area (Å²) < 4.78 is 14.6. The van der Waals surface area contributed by atoms with Gasteiger partial charge >= 0.3 is 87.8 Å². The Bertz CT molecular complexity index is 161. The summed E-state index contributed by atoms with van der Waals surface area (Å²) in [6, 6.07) is 0. The van der Waals surface area contributed by atoms with Crippen LogP contribution in [0.5, 0.6) is 0 Å². The van der Waals surface area contributed by atoms with Crippen LogP contribution in [0, 0.1) is 0 Å². The average molecular weight is 251 g/mol. The number of hydrogen-bond acceptors (Lipinski definition) is 0. The average Bonchev–Trinajstić information content (AvgIpc) is 2.03. The van der Waals surface area contributed by atoms with Crippen LogP contribution in [0.1, 0.15) is 53.4 Å². The van der Waals surface area contributed by atoms with Gasteiger partial charge in [-0.2, -0.15) is 0 Å². The van der Waals surface area contributed by atoms with E-state index in [2.05, 4.69) is 20.8 Å². The van der Waals surface area contributed by atoms with Gasteiger partial charge in [-0.3, -0.25) is 0 Å². The second-order valence-electron chi connectivity index (χ2n) is 3.49. The van der Waals surface area contributed by atoms with Crippen molar-refractivity contribution < 1.29 is 4.39 Å². The molecule has 0 radical (unpaired) electrons. The number of halogens is 1. The Hall–Kier alpha value is 0.189. The molecule has 0 bridgehead atoms. The summed E-state index contributed by atoms with van der Waals surface area (Å²) >= 11 is 0.370. The van der Waals surface area contributed by atoms with Crippen LogP contribution in [0.15, 0.2) is 10.3 Å². The second-order valence-corrected chi connectivity index (χ2v) is 7.00. The van der Waals surface area contributed by atoms with Gasteiger partial charge in [0.2, 0.25) is 0 Å². The zero-order valence-electron chi connectivity index (χ0n) is 9.19. The first-order chi connectivity index (χ1) is 6.11. The predicted molar refractivity (Wildman–Crippen MR) is 58.8 cm³/mol. The topological polar surface area (TPSA) is 0 Å². The van der Waals surface area contributed by atoms with E-state index in [9.17, 15) is 4.39 Å². The fraction of sp³-hybridized carbons (Fsp3) is 0.818. The molecule has 2 heteroatoms. The minimum atomic E-state index is 0.179. The molecule has 0 unspecified atom stereocenters. The van der Waals surface area contributed by atoms with Crippen LogP contribution in [0.3, 0.4) is 0 Å². The second kappa shape index (κ2) is 7.58. The molecule has 0 saturated carbocycles. The van der Waals surface area contributed by atoms with Crippen molar-refractivity contribution in [1.29, 1.82) is 0 Å². The molecule has 13 heavy (non-hydrogen) atoms. The molecule has 0 aliphatic carbocycles. The van der Waals surface area contributed by atoms with Crippen LogP contribution in [-0.4, -0.2) is 15.0 Å². The summed E-state index contributed by atoms with van der Waals surface area (Å²) in [5.74, 6) is 0.179. The Morgan fingerprint density at radius 1 is 1.15 bits per heavy atom. The maximum absolute atomic E-state index is 13.5. The van der Waals surface area contributed by atoms with Crippen molar-refractivity contribution in [3.05, 3.63) is 10.3 Å². The third-order valence-corrected chi connectivity index (χ3v) is 4.11. The van der Waals surface area contributed by atoms with Crippen molar-refractivity contribution in [2.24, 2.45) is 0 Å². The van der Waals surface area contributed by atoms with E-state index < -0.39 is 0 Å². The summed E-state index contributed by atoms with van der Waals surface area (Å²) in [6.07, 6.45) is 3.60. The van der Waals surface area contributed by atoms with Crippen molar-refractivity contribution in [2.45, 2.75) is 58.2 Å². The summed E-state index contributed by atoms with van der Waals surface area (Å²) in [6.45, 7) is 8.50. The van der Waals surface area contributed by atoms with Gasteiger partial charge in [0.05, 0.1) is 0 Å². The first-order valence-corrected chi connectivity index (χ1v) is 7.00. The van der Waals surface area contributed by atoms with Crippen molar-refractivity contribution >= 4 is 15.0 Å². The third-order valence-electron chi connectivity index (χ3n) is 1.63. The van der Waals surface area contributed by atoms with Gasteiger partial charge in [0.15, 0.2) is 0 Å². The number of rotatable bonds is 6. The first kappa shape index (κ1) is 13.2. The van der Waals surface area contributed by atoms with Gasteiger partial charge in [-0.05, 0) is 0 Å². The van der Waals surface area contributed by atoms with Crippen molar-refractivity contribution in [3.63, 3.8) is 0 Å². The Kier molecular flexibility index (Phi) is 7.69. The molecule has 0 nitrogen and oxygen atoms in total. The van der Waals surface area contributed by atoms with E-state index in [1.807, 2.05) is 6.92 Å². The minimum absolute atomic E-state index is 0.179. The molecule has 0 aromatic heterocycles. The molecule has 0 amide bonds. The predicted octanol–water partition coefficient (Wildman–Crippen LogP) is 4.30. The van der Waals surface area contributed by atoms with Crippen molar-refractivity contribution in [1.82, 2.24) is 0 Å². The van der Waals surface area contributed by atoms with Gasteiger partial charge in [-0.1, -0.05) is 0 Å². The first-order valence-electron chi connectivity index (χ1n) is 5.15. The molecule has 0 fully saturated rings. The molecule has 0 rings (SSSR count). The fourth-order valence-corrected chi connectivity index (χ4v) is 3.48. The van der Waals surface area contributed by atoms with Crippen LogP contribution in [0.2, 0.25) is 4.82 Å². The van der Waals surface area contributed by atoms with E-state index in [1.165, 1.54) is 0 Å². The van der Waals surface area contributed by atoms with E-state index >= 15 is 0 Å². The molecule has 0 N–H and O–H groups in total. The van der Waals surface area contributed by atoms with Crippen LogP contribution in [0.25, 0.3) is 0 Å². The Labute approximate surface area is 88.1 Å². The van der Waals surface area contributed by atoms with Gasteiger partial charge in [0.25, 0.3) is 0 Å². The van der Waals surface area contributed by atoms with Crippen LogP contribution < -0.4 is 0 Å². The van der Waals surface area contributed by atoms with E-state index in [-0.39, 0.29) is 5.83 Å². The summed E-state index contributed by atoms with van der Waals surface area (Å²) in [7, 11) is 0. The molecule has 0 aliphatic rings.